The van der Waals surface area contributed by atoms with Crippen molar-refractivity contribution in [3.63, 3.8) is 0 Å². The van der Waals surface area contributed by atoms with E-state index in [1.54, 1.807) is 0 Å². The molecule has 1 aromatic rings. The summed E-state index contributed by atoms with van der Waals surface area (Å²) in [4.78, 5) is 2.56. The van der Waals surface area contributed by atoms with Gasteiger partial charge in [-0.15, -0.1) is 0 Å². The molecule has 114 valence electrons. The van der Waals surface area contributed by atoms with E-state index in [4.69, 9.17) is 4.74 Å². The Kier molecular flexibility index (Phi) is 5.57. The highest BCUT2D eigenvalue weighted by atomic mass is 16.5. The molecule has 20 heavy (non-hydrogen) atoms. The van der Waals surface area contributed by atoms with Crippen LogP contribution in [0.25, 0.3) is 0 Å². The molecule has 0 radical (unpaired) electrons. The maximum absolute atomic E-state index is 6.03. The Morgan fingerprint density at radius 3 is 2.90 bits per heavy atom. The number of morpholine rings is 1. The smallest absolute Gasteiger partial charge is 0.0897 e. The second kappa shape index (κ2) is 7.20. The molecule has 0 amide bonds. The molecule has 1 fully saturated rings. The van der Waals surface area contributed by atoms with Gasteiger partial charge >= 0.3 is 0 Å². The topological polar surface area (TPSA) is 42.3 Å². The molecule has 1 saturated heterocycles. The second-order valence-electron chi connectivity index (χ2n) is 5.51. The van der Waals surface area contributed by atoms with E-state index < -0.39 is 0 Å². The third kappa shape index (κ3) is 3.22. The van der Waals surface area contributed by atoms with E-state index in [9.17, 15) is 0 Å². The van der Waals surface area contributed by atoms with E-state index in [0.717, 1.165) is 32.7 Å². The third-order valence-corrected chi connectivity index (χ3v) is 3.96. The lowest BCUT2D eigenvalue weighted by atomic mass is 9.97. The van der Waals surface area contributed by atoms with Crippen molar-refractivity contribution in [3.05, 3.63) is 17.5 Å². The van der Waals surface area contributed by atoms with Crippen LogP contribution < -0.4 is 5.32 Å². The summed E-state index contributed by atoms with van der Waals surface area (Å²) in [5.41, 5.74) is 2.54. The first-order chi connectivity index (χ1) is 9.71. The van der Waals surface area contributed by atoms with E-state index in [1.165, 1.54) is 17.7 Å². The van der Waals surface area contributed by atoms with Crippen LogP contribution in [0.3, 0.4) is 0 Å². The summed E-state index contributed by atoms with van der Waals surface area (Å²) in [5, 5.41) is 7.87. The Balaban J connectivity index is 2.32. The molecule has 0 saturated carbocycles. The fourth-order valence-electron chi connectivity index (χ4n) is 3.17. The minimum Gasteiger partial charge on any atom is -0.374 e. The first-order valence-corrected chi connectivity index (χ1v) is 7.73. The Bertz CT molecular complexity index is 400. The number of hydrogen-bond acceptors (Lipinski definition) is 4. The molecular formula is C15H28N4O. The first kappa shape index (κ1) is 15.5. The first-order valence-electron chi connectivity index (χ1n) is 7.73. The number of nitrogens with one attached hydrogen (secondary N) is 1. The molecule has 2 heterocycles. The molecule has 0 aliphatic carbocycles. The van der Waals surface area contributed by atoms with Gasteiger partial charge in [0.2, 0.25) is 0 Å². The van der Waals surface area contributed by atoms with Gasteiger partial charge in [-0.1, -0.05) is 13.8 Å². The highest BCUT2D eigenvalue weighted by molar-refractivity contribution is 5.24. The molecule has 2 atom stereocenters. The summed E-state index contributed by atoms with van der Waals surface area (Å²) >= 11 is 0. The number of ether oxygens (including phenoxy) is 1. The average Bonchev–Trinajstić information content (AvgIpc) is 2.81. The van der Waals surface area contributed by atoms with E-state index >= 15 is 0 Å². The van der Waals surface area contributed by atoms with Gasteiger partial charge in [0.05, 0.1) is 24.4 Å². The molecule has 2 unspecified atom stereocenters. The Morgan fingerprint density at radius 2 is 2.25 bits per heavy atom. The van der Waals surface area contributed by atoms with Crippen LogP contribution in [0.4, 0.5) is 0 Å². The van der Waals surface area contributed by atoms with Gasteiger partial charge in [0, 0.05) is 31.9 Å². The van der Waals surface area contributed by atoms with Crippen molar-refractivity contribution < 1.29 is 4.74 Å². The molecular weight excluding hydrogens is 252 g/mol. The monoisotopic (exact) mass is 280 g/mol. The summed E-state index contributed by atoms with van der Waals surface area (Å²) in [7, 11) is 3.99. The zero-order valence-electron chi connectivity index (χ0n) is 13.2. The number of aromatic nitrogens is 2. The quantitative estimate of drug-likeness (QED) is 0.854. The lowest BCUT2D eigenvalue weighted by molar-refractivity contribution is -0.0706. The highest BCUT2D eigenvalue weighted by Gasteiger charge is 2.34. The maximum Gasteiger partial charge on any atom is 0.0897 e. The van der Waals surface area contributed by atoms with Crippen molar-refractivity contribution >= 4 is 0 Å². The third-order valence-electron chi connectivity index (χ3n) is 3.96. The van der Waals surface area contributed by atoms with Crippen molar-refractivity contribution in [2.75, 3.05) is 33.3 Å². The van der Waals surface area contributed by atoms with Crippen LogP contribution in [-0.2, 0) is 18.2 Å². The molecule has 0 aromatic carbocycles. The average molecular weight is 280 g/mol. The minimum absolute atomic E-state index is 0.204. The van der Waals surface area contributed by atoms with Crippen molar-refractivity contribution in [1.82, 2.24) is 20.0 Å². The molecule has 1 aliphatic heterocycles. The van der Waals surface area contributed by atoms with Crippen LogP contribution in [0.1, 0.15) is 37.6 Å². The molecule has 2 rings (SSSR count). The maximum atomic E-state index is 6.03. The van der Waals surface area contributed by atoms with Crippen LogP contribution in [0, 0.1) is 0 Å². The fraction of sp³-hybridized carbons (Fsp3) is 0.800. The Labute approximate surface area is 122 Å². The molecule has 0 spiro atoms. The predicted octanol–water partition coefficient (Wildman–Crippen LogP) is 1.35. The summed E-state index contributed by atoms with van der Waals surface area (Å²) in [5.74, 6) is 0. The Morgan fingerprint density at radius 1 is 1.45 bits per heavy atom. The fourth-order valence-corrected chi connectivity index (χ4v) is 3.17. The van der Waals surface area contributed by atoms with E-state index in [-0.39, 0.29) is 6.10 Å². The Hall–Kier alpha value is -0.910. The van der Waals surface area contributed by atoms with Gasteiger partial charge in [-0.05, 0) is 26.4 Å². The molecule has 1 aromatic heterocycles. The lowest BCUT2D eigenvalue weighted by Gasteiger charge is -2.41. The number of nitrogens with zero attached hydrogens (tertiary/aromatic N) is 3. The van der Waals surface area contributed by atoms with Crippen molar-refractivity contribution in [2.24, 2.45) is 7.05 Å². The highest BCUT2D eigenvalue weighted by Crippen LogP contribution is 2.31. The molecule has 1 N–H and O–H groups in total. The van der Waals surface area contributed by atoms with Gasteiger partial charge in [-0.25, -0.2) is 0 Å². The normalized spacial score (nSPS) is 24.2. The van der Waals surface area contributed by atoms with Crippen LogP contribution in [0.5, 0.6) is 0 Å². The second-order valence-corrected chi connectivity index (χ2v) is 5.51. The van der Waals surface area contributed by atoms with Crippen LogP contribution in [0.2, 0.25) is 0 Å². The van der Waals surface area contributed by atoms with Gasteiger partial charge < -0.3 is 10.1 Å². The van der Waals surface area contributed by atoms with Crippen molar-refractivity contribution in [2.45, 2.75) is 38.8 Å². The van der Waals surface area contributed by atoms with E-state index in [1.807, 2.05) is 18.8 Å². The minimum atomic E-state index is 0.204. The standard InChI is InChI=1S/C15H28N4O/c1-5-7-19-8-9-20-14(10-16-3)15(19)12-11-18(4)17-13(12)6-2/h11,14-16H,5-10H2,1-4H3. The predicted molar refractivity (Wildman–Crippen MR) is 80.9 cm³/mol. The summed E-state index contributed by atoms with van der Waals surface area (Å²) < 4.78 is 7.96. The molecule has 0 bridgehead atoms. The number of aryl methyl sites for hydroxylation is 2. The van der Waals surface area contributed by atoms with Gasteiger partial charge in [0.15, 0.2) is 0 Å². The summed E-state index contributed by atoms with van der Waals surface area (Å²) in [6, 6.07) is 0.319. The van der Waals surface area contributed by atoms with Crippen molar-refractivity contribution in [1.29, 1.82) is 0 Å². The van der Waals surface area contributed by atoms with E-state index in [0.29, 0.717) is 6.04 Å². The zero-order valence-corrected chi connectivity index (χ0v) is 13.2. The van der Waals surface area contributed by atoms with Crippen LogP contribution >= 0.6 is 0 Å². The zero-order chi connectivity index (χ0) is 14.5. The SMILES string of the molecule is CCCN1CCOC(CNC)C1c1cn(C)nc1CC. The summed E-state index contributed by atoms with van der Waals surface area (Å²) in [6.45, 7) is 8.24. The van der Waals surface area contributed by atoms with E-state index in [2.05, 4.69) is 35.4 Å². The van der Waals surface area contributed by atoms with Crippen LogP contribution in [-0.4, -0.2) is 54.1 Å². The number of hydrogen-bond donors (Lipinski definition) is 1. The largest absolute Gasteiger partial charge is 0.374 e. The molecule has 1 aliphatic rings. The van der Waals surface area contributed by atoms with Crippen LogP contribution in [0.15, 0.2) is 6.20 Å². The number of likely N-dealkylation sites (N-methyl/N-ethyl adjacent to an activating group) is 1. The summed E-state index contributed by atoms with van der Waals surface area (Å²) in [6.07, 6.45) is 4.52. The van der Waals surface area contributed by atoms with Crippen molar-refractivity contribution in [3.8, 4) is 0 Å². The van der Waals surface area contributed by atoms with Gasteiger partial charge in [0.1, 0.15) is 0 Å². The lowest BCUT2D eigenvalue weighted by Crippen LogP contribution is -2.49. The molecule has 5 nitrogen and oxygen atoms in total. The number of rotatable bonds is 6. The van der Waals surface area contributed by atoms with Gasteiger partial charge in [0.25, 0.3) is 0 Å². The van der Waals surface area contributed by atoms with Gasteiger partial charge in [-0.3, -0.25) is 9.58 Å². The van der Waals surface area contributed by atoms with Gasteiger partial charge in [-0.2, -0.15) is 5.10 Å². The molecule has 5 heteroatoms.